The highest BCUT2D eigenvalue weighted by Crippen LogP contribution is 2.16. The first-order valence-corrected chi connectivity index (χ1v) is 6.12. The minimum atomic E-state index is 0.453. The van der Waals surface area contributed by atoms with E-state index in [0.717, 1.165) is 25.2 Å². The van der Waals surface area contributed by atoms with E-state index in [4.69, 9.17) is 18.0 Å². The zero-order valence-electron chi connectivity index (χ0n) is 8.46. The molecule has 0 aliphatic carbocycles. The lowest BCUT2D eigenvalue weighted by Gasteiger charge is -2.05. The molecule has 1 aromatic rings. The van der Waals surface area contributed by atoms with Crippen molar-refractivity contribution in [3.05, 3.63) is 11.2 Å². The van der Waals surface area contributed by atoms with E-state index in [-0.39, 0.29) is 0 Å². The van der Waals surface area contributed by atoms with Crippen molar-refractivity contribution in [3.8, 4) is 12.3 Å². The lowest BCUT2D eigenvalue weighted by molar-refractivity contribution is 0.886. The Hall–Kier alpha value is -0.920. The Bertz CT molecular complexity index is 362. The molecule has 0 aliphatic heterocycles. The Kier molecular flexibility index (Phi) is 5.30. The average Bonchev–Trinajstić information content (AvgIpc) is 2.23. The third-order valence-electron chi connectivity index (χ3n) is 1.66. The molecule has 0 amide bonds. The van der Waals surface area contributed by atoms with Crippen LogP contribution < -0.4 is 5.32 Å². The molecule has 1 rings (SSSR count). The molecule has 5 heteroatoms. The van der Waals surface area contributed by atoms with Crippen molar-refractivity contribution >= 4 is 29.2 Å². The number of anilines is 1. The molecule has 3 nitrogen and oxygen atoms in total. The van der Waals surface area contributed by atoms with Gasteiger partial charge in [-0.2, -0.15) is 0 Å². The fourth-order valence-electron chi connectivity index (χ4n) is 0.986. The molecule has 0 radical (unpaired) electrons. The van der Waals surface area contributed by atoms with Crippen LogP contribution in [0, 0.1) is 12.3 Å². The van der Waals surface area contributed by atoms with E-state index < -0.39 is 0 Å². The highest BCUT2D eigenvalue weighted by molar-refractivity contribution is 7.98. The van der Waals surface area contributed by atoms with Gasteiger partial charge in [-0.1, -0.05) is 23.4 Å². The third-order valence-corrected chi connectivity index (χ3v) is 2.40. The molecule has 1 heterocycles. The number of hydrogen-bond acceptors (Lipinski definition) is 4. The number of nitrogens with zero attached hydrogens (tertiary/aromatic N) is 2. The third kappa shape index (κ3) is 4.41. The van der Waals surface area contributed by atoms with Crippen molar-refractivity contribution in [1.29, 1.82) is 0 Å². The van der Waals surface area contributed by atoms with E-state index in [2.05, 4.69) is 21.2 Å². The SMILES string of the molecule is C#CCCCNc1cc(Cl)nc(SC)n1. The van der Waals surface area contributed by atoms with Crippen LogP contribution in [0.4, 0.5) is 5.82 Å². The second-order valence-electron chi connectivity index (χ2n) is 2.80. The van der Waals surface area contributed by atoms with Crippen LogP contribution in [0.1, 0.15) is 12.8 Å². The van der Waals surface area contributed by atoms with Crippen LogP contribution in [-0.2, 0) is 0 Å². The van der Waals surface area contributed by atoms with Crippen molar-refractivity contribution in [2.24, 2.45) is 0 Å². The molecule has 0 bridgehead atoms. The number of aromatic nitrogens is 2. The molecular formula is C10H12ClN3S. The molecule has 0 fully saturated rings. The van der Waals surface area contributed by atoms with Gasteiger partial charge in [0.1, 0.15) is 11.0 Å². The molecule has 0 aromatic carbocycles. The number of rotatable bonds is 5. The molecule has 0 saturated carbocycles. The topological polar surface area (TPSA) is 37.8 Å². The zero-order valence-corrected chi connectivity index (χ0v) is 10.0. The second-order valence-corrected chi connectivity index (χ2v) is 3.96. The van der Waals surface area contributed by atoms with Gasteiger partial charge in [0.25, 0.3) is 0 Å². The van der Waals surface area contributed by atoms with E-state index in [1.54, 1.807) is 6.07 Å². The summed E-state index contributed by atoms with van der Waals surface area (Å²) in [6, 6.07) is 1.71. The molecule has 0 spiro atoms. The quantitative estimate of drug-likeness (QED) is 0.283. The summed E-state index contributed by atoms with van der Waals surface area (Å²) < 4.78 is 0. The van der Waals surface area contributed by atoms with Crippen LogP contribution in [0.25, 0.3) is 0 Å². The summed E-state index contributed by atoms with van der Waals surface area (Å²) >= 11 is 7.29. The Morgan fingerprint density at radius 3 is 3.07 bits per heavy atom. The first-order valence-electron chi connectivity index (χ1n) is 4.52. The fraction of sp³-hybridized carbons (Fsp3) is 0.400. The summed E-state index contributed by atoms with van der Waals surface area (Å²) in [5, 5.41) is 4.27. The molecule has 0 atom stereocenters. The minimum absolute atomic E-state index is 0.453. The summed E-state index contributed by atoms with van der Waals surface area (Å²) in [6.45, 7) is 0.797. The fourth-order valence-corrected chi connectivity index (χ4v) is 1.60. The maximum atomic E-state index is 5.83. The predicted octanol–water partition coefficient (Wildman–Crippen LogP) is 2.68. The molecule has 1 aromatic heterocycles. The van der Waals surface area contributed by atoms with E-state index in [0.29, 0.717) is 10.3 Å². The second kappa shape index (κ2) is 6.54. The van der Waals surface area contributed by atoms with Crippen molar-refractivity contribution < 1.29 is 0 Å². The summed E-state index contributed by atoms with van der Waals surface area (Å²) in [4.78, 5) is 8.30. The molecule has 15 heavy (non-hydrogen) atoms. The minimum Gasteiger partial charge on any atom is -0.370 e. The largest absolute Gasteiger partial charge is 0.370 e. The average molecular weight is 242 g/mol. The van der Waals surface area contributed by atoms with E-state index in [1.165, 1.54) is 11.8 Å². The van der Waals surface area contributed by atoms with Gasteiger partial charge >= 0.3 is 0 Å². The normalized spacial score (nSPS) is 9.67. The van der Waals surface area contributed by atoms with Crippen LogP contribution in [0.3, 0.4) is 0 Å². The van der Waals surface area contributed by atoms with Crippen LogP contribution in [0.5, 0.6) is 0 Å². The number of halogens is 1. The maximum Gasteiger partial charge on any atom is 0.190 e. The van der Waals surface area contributed by atoms with Gasteiger partial charge in [0, 0.05) is 19.0 Å². The van der Waals surface area contributed by atoms with Gasteiger partial charge in [-0.25, -0.2) is 9.97 Å². The van der Waals surface area contributed by atoms with Gasteiger partial charge in [-0.15, -0.1) is 12.3 Å². The van der Waals surface area contributed by atoms with Gasteiger partial charge < -0.3 is 5.32 Å². The number of unbranched alkanes of at least 4 members (excludes halogenated alkanes) is 1. The van der Waals surface area contributed by atoms with Crippen LogP contribution >= 0.6 is 23.4 Å². The van der Waals surface area contributed by atoms with Crippen LogP contribution in [0.15, 0.2) is 11.2 Å². The molecular weight excluding hydrogens is 230 g/mol. The maximum absolute atomic E-state index is 5.83. The van der Waals surface area contributed by atoms with Crippen molar-refractivity contribution in [1.82, 2.24) is 9.97 Å². The lowest BCUT2D eigenvalue weighted by Crippen LogP contribution is -2.04. The van der Waals surface area contributed by atoms with Crippen molar-refractivity contribution in [2.45, 2.75) is 18.0 Å². The predicted molar refractivity (Wildman–Crippen MR) is 65.4 cm³/mol. The van der Waals surface area contributed by atoms with Gasteiger partial charge in [0.2, 0.25) is 0 Å². The Morgan fingerprint density at radius 2 is 2.40 bits per heavy atom. The van der Waals surface area contributed by atoms with Gasteiger partial charge in [-0.05, 0) is 12.7 Å². The lowest BCUT2D eigenvalue weighted by atomic mass is 10.3. The number of thioether (sulfide) groups is 1. The number of hydrogen-bond donors (Lipinski definition) is 1. The van der Waals surface area contributed by atoms with Gasteiger partial charge in [0.05, 0.1) is 0 Å². The summed E-state index contributed by atoms with van der Waals surface area (Å²) in [6.07, 6.45) is 8.75. The number of terminal acetylenes is 1. The Labute approximate surface area is 99.0 Å². The summed E-state index contributed by atoms with van der Waals surface area (Å²) in [7, 11) is 0. The standard InChI is InChI=1S/C10H12ClN3S/c1-3-4-5-6-12-9-7-8(11)13-10(14-9)15-2/h1,7H,4-6H2,2H3,(H,12,13,14). The highest BCUT2D eigenvalue weighted by Gasteiger charge is 2.01. The van der Waals surface area contributed by atoms with E-state index in [1.807, 2.05) is 6.26 Å². The Morgan fingerprint density at radius 1 is 1.60 bits per heavy atom. The van der Waals surface area contributed by atoms with E-state index in [9.17, 15) is 0 Å². The number of nitrogens with one attached hydrogen (secondary N) is 1. The smallest absolute Gasteiger partial charge is 0.190 e. The first-order chi connectivity index (χ1) is 7.26. The molecule has 1 N–H and O–H groups in total. The highest BCUT2D eigenvalue weighted by atomic mass is 35.5. The van der Waals surface area contributed by atoms with Crippen molar-refractivity contribution in [2.75, 3.05) is 18.1 Å². The Balaban J connectivity index is 2.53. The van der Waals surface area contributed by atoms with Crippen LogP contribution in [-0.4, -0.2) is 22.8 Å². The molecule has 0 unspecified atom stereocenters. The summed E-state index contributed by atoms with van der Waals surface area (Å²) in [5.41, 5.74) is 0. The van der Waals surface area contributed by atoms with Crippen molar-refractivity contribution in [3.63, 3.8) is 0 Å². The molecule has 0 saturated heterocycles. The van der Waals surface area contributed by atoms with Crippen LogP contribution in [0.2, 0.25) is 5.15 Å². The van der Waals surface area contributed by atoms with Gasteiger partial charge in [-0.3, -0.25) is 0 Å². The monoisotopic (exact) mass is 241 g/mol. The first kappa shape index (κ1) is 12.2. The van der Waals surface area contributed by atoms with E-state index >= 15 is 0 Å². The zero-order chi connectivity index (χ0) is 11.1. The summed E-state index contributed by atoms with van der Waals surface area (Å²) in [5.74, 6) is 3.33. The molecule has 0 aliphatic rings. The van der Waals surface area contributed by atoms with Gasteiger partial charge in [0.15, 0.2) is 5.16 Å². The molecule has 80 valence electrons.